The van der Waals surface area contributed by atoms with Crippen molar-refractivity contribution in [1.82, 2.24) is 0 Å². The molecule has 1 atom stereocenters. The van der Waals surface area contributed by atoms with Crippen LogP contribution in [0.4, 0.5) is 5.69 Å². The normalized spacial score (nSPS) is 11.9. The zero-order valence-electron chi connectivity index (χ0n) is 9.48. The molecule has 92 valence electrons. The number of primary amides is 1. The van der Waals surface area contributed by atoms with E-state index in [1.165, 1.54) is 30.0 Å². The Labute approximate surface area is 104 Å². The van der Waals surface area contributed by atoms with Crippen molar-refractivity contribution in [3.05, 3.63) is 28.8 Å². The molecule has 1 amide bonds. The number of hydrogen-bond acceptors (Lipinski definition) is 3. The van der Waals surface area contributed by atoms with Crippen LogP contribution in [0, 0.1) is 0 Å². The van der Waals surface area contributed by atoms with Crippen LogP contribution in [0.25, 0.3) is 0 Å². The molecule has 0 spiro atoms. The molecule has 0 bridgehead atoms. The van der Waals surface area contributed by atoms with Crippen LogP contribution in [-0.2, 0) is 4.79 Å². The van der Waals surface area contributed by atoms with Gasteiger partial charge in [-0.05, 0) is 25.1 Å². The average molecular weight is 257 g/mol. The van der Waals surface area contributed by atoms with Crippen LogP contribution in [0.1, 0.15) is 17.3 Å². The van der Waals surface area contributed by atoms with Crippen molar-refractivity contribution in [3.63, 3.8) is 0 Å². The van der Waals surface area contributed by atoms with Gasteiger partial charge in [0, 0.05) is 12.1 Å². The van der Waals surface area contributed by atoms with E-state index in [0.717, 1.165) is 0 Å². The van der Waals surface area contributed by atoms with Crippen molar-refractivity contribution in [3.8, 4) is 0 Å². The van der Waals surface area contributed by atoms with Crippen LogP contribution in [0.3, 0.4) is 0 Å². The molecular formula is C11H13ClN2O3. The van der Waals surface area contributed by atoms with Crippen molar-refractivity contribution in [2.75, 3.05) is 11.9 Å². The minimum Gasteiger partial charge on any atom is -0.480 e. The summed E-state index contributed by atoms with van der Waals surface area (Å²) in [5.41, 5.74) is 5.87. The number of carbonyl (C=O) groups is 2. The molecule has 1 rings (SSSR count). The predicted molar refractivity (Wildman–Crippen MR) is 65.5 cm³/mol. The van der Waals surface area contributed by atoms with Gasteiger partial charge in [0.2, 0.25) is 0 Å². The molecule has 5 nitrogen and oxygen atoms in total. The van der Waals surface area contributed by atoms with Gasteiger partial charge >= 0.3 is 5.97 Å². The van der Waals surface area contributed by atoms with E-state index < -0.39 is 17.9 Å². The summed E-state index contributed by atoms with van der Waals surface area (Å²) in [6.45, 7) is 1.51. The third-order valence-corrected chi connectivity index (χ3v) is 2.78. The number of halogens is 1. The highest BCUT2D eigenvalue weighted by atomic mass is 35.5. The van der Waals surface area contributed by atoms with Crippen LogP contribution < -0.4 is 10.6 Å². The maximum Gasteiger partial charge on any atom is 0.326 e. The molecule has 0 aliphatic carbocycles. The molecule has 1 aromatic carbocycles. The van der Waals surface area contributed by atoms with Crippen LogP contribution in [0.15, 0.2) is 18.2 Å². The molecule has 0 saturated carbocycles. The topological polar surface area (TPSA) is 83.6 Å². The van der Waals surface area contributed by atoms with E-state index in [1.54, 1.807) is 7.05 Å². The van der Waals surface area contributed by atoms with Gasteiger partial charge in [0.25, 0.3) is 5.91 Å². The lowest BCUT2D eigenvalue weighted by atomic mass is 10.1. The quantitative estimate of drug-likeness (QED) is 0.852. The zero-order chi connectivity index (χ0) is 13.2. The van der Waals surface area contributed by atoms with Crippen molar-refractivity contribution in [2.24, 2.45) is 5.73 Å². The highest BCUT2D eigenvalue weighted by molar-refractivity contribution is 6.31. The number of likely N-dealkylation sites (N-methyl/N-ethyl adjacent to an activating group) is 1. The number of nitrogens with zero attached hydrogens (tertiary/aromatic N) is 1. The van der Waals surface area contributed by atoms with Crippen molar-refractivity contribution in [1.29, 1.82) is 0 Å². The Morgan fingerprint density at radius 1 is 1.47 bits per heavy atom. The van der Waals surface area contributed by atoms with Crippen molar-refractivity contribution >= 4 is 29.2 Å². The van der Waals surface area contributed by atoms with Crippen molar-refractivity contribution in [2.45, 2.75) is 13.0 Å². The average Bonchev–Trinajstić information content (AvgIpc) is 2.26. The largest absolute Gasteiger partial charge is 0.480 e. The van der Waals surface area contributed by atoms with Crippen LogP contribution in [0.5, 0.6) is 0 Å². The molecule has 0 saturated heterocycles. The third-order valence-electron chi connectivity index (χ3n) is 2.54. The number of anilines is 1. The van der Waals surface area contributed by atoms with E-state index in [-0.39, 0.29) is 5.56 Å². The lowest BCUT2D eigenvalue weighted by Gasteiger charge is -2.25. The fraction of sp³-hybridized carbons (Fsp3) is 0.273. The minimum atomic E-state index is -0.997. The van der Waals surface area contributed by atoms with Gasteiger partial charge in [-0.1, -0.05) is 11.6 Å². The van der Waals surface area contributed by atoms with Crippen LogP contribution >= 0.6 is 11.6 Å². The molecule has 0 aliphatic rings. The zero-order valence-corrected chi connectivity index (χ0v) is 10.2. The number of benzene rings is 1. The number of amides is 1. The van der Waals surface area contributed by atoms with Crippen LogP contribution in [-0.4, -0.2) is 30.1 Å². The first-order valence-electron chi connectivity index (χ1n) is 4.89. The number of aliphatic carboxylic acids is 1. The minimum absolute atomic E-state index is 0.241. The number of hydrogen-bond donors (Lipinski definition) is 2. The maximum atomic E-state index is 11.2. The number of nitrogens with two attached hydrogens (primary N) is 1. The Hall–Kier alpha value is -1.75. The molecule has 17 heavy (non-hydrogen) atoms. The summed E-state index contributed by atoms with van der Waals surface area (Å²) >= 11 is 5.82. The summed E-state index contributed by atoms with van der Waals surface area (Å²) in [5.74, 6) is -1.62. The van der Waals surface area contributed by atoms with Gasteiger partial charge in [0.15, 0.2) is 0 Å². The van der Waals surface area contributed by atoms with E-state index in [4.69, 9.17) is 22.4 Å². The van der Waals surface area contributed by atoms with Gasteiger partial charge < -0.3 is 15.7 Å². The summed E-state index contributed by atoms with van der Waals surface area (Å²) in [4.78, 5) is 23.6. The number of rotatable bonds is 4. The first kappa shape index (κ1) is 13.3. The lowest BCUT2D eigenvalue weighted by Crippen LogP contribution is -2.37. The second-order valence-electron chi connectivity index (χ2n) is 3.65. The van der Waals surface area contributed by atoms with E-state index >= 15 is 0 Å². The smallest absolute Gasteiger partial charge is 0.326 e. The fourth-order valence-electron chi connectivity index (χ4n) is 1.38. The number of carboxylic acids is 1. The number of carboxylic acid groups (broad SMARTS) is 1. The predicted octanol–water partition coefficient (Wildman–Crippen LogP) is 1.35. The summed E-state index contributed by atoms with van der Waals surface area (Å²) in [6, 6.07) is 3.74. The second kappa shape index (κ2) is 5.05. The SMILES string of the molecule is CC(C(=O)O)N(C)c1cc(Cl)ccc1C(N)=O. The molecule has 3 N–H and O–H groups in total. The molecule has 6 heteroatoms. The number of carbonyl (C=O) groups excluding carboxylic acids is 1. The highest BCUT2D eigenvalue weighted by Crippen LogP contribution is 2.25. The summed E-state index contributed by atoms with van der Waals surface area (Å²) in [6.07, 6.45) is 0. The van der Waals surface area contributed by atoms with E-state index in [9.17, 15) is 9.59 Å². The Balaban J connectivity index is 3.23. The fourth-order valence-corrected chi connectivity index (χ4v) is 1.55. The second-order valence-corrected chi connectivity index (χ2v) is 4.09. The lowest BCUT2D eigenvalue weighted by molar-refractivity contribution is -0.138. The van der Waals surface area contributed by atoms with Gasteiger partial charge in [0.1, 0.15) is 6.04 Å². The Morgan fingerprint density at radius 2 is 2.06 bits per heavy atom. The third kappa shape index (κ3) is 2.88. The van der Waals surface area contributed by atoms with E-state index in [1.807, 2.05) is 0 Å². The molecule has 0 aliphatic heterocycles. The van der Waals surface area contributed by atoms with Gasteiger partial charge in [-0.2, -0.15) is 0 Å². The maximum absolute atomic E-state index is 11.2. The van der Waals surface area contributed by atoms with Gasteiger partial charge in [-0.25, -0.2) is 4.79 Å². The standard InChI is InChI=1S/C11H13ClN2O3/c1-6(11(16)17)14(2)9-5-7(12)3-4-8(9)10(13)15/h3-6H,1-2H3,(H2,13,15)(H,16,17). The summed E-state index contributed by atoms with van der Waals surface area (Å²) in [5, 5.41) is 9.33. The first-order valence-corrected chi connectivity index (χ1v) is 5.27. The first-order chi connectivity index (χ1) is 7.84. The van der Waals surface area contributed by atoms with Crippen molar-refractivity contribution < 1.29 is 14.7 Å². The molecular weight excluding hydrogens is 244 g/mol. The molecule has 1 aromatic rings. The van der Waals surface area contributed by atoms with E-state index in [0.29, 0.717) is 10.7 Å². The monoisotopic (exact) mass is 256 g/mol. The summed E-state index contributed by atoms with van der Waals surface area (Å²) < 4.78 is 0. The molecule has 0 aromatic heterocycles. The molecule has 0 radical (unpaired) electrons. The van der Waals surface area contributed by atoms with E-state index in [2.05, 4.69) is 0 Å². The van der Waals surface area contributed by atoms with Gasteiger partial charge in [0.05, 0.1) is 11.3 Å². The van der Waals surface area contributed by atoms with Gasteiger partial charge in [-0.15, -0.1) is 0 Å². The molecule has 0 heterocycles. The summed E-state index contributed by atoms with van der Waals surface area (Å²) in [7, 11) is 1.57. The molecule has 0 fully saturated rings. The Kier molecular flexibility index (Phi) is 3.96. The van der Waals surface area contributed by atoms with Crippen LogP contribution in [0.2, 0.25) is 5.02 Å². The Bertz CT molecular complexity index is 462. The highest BCUT2D eigenvalue weighted by Gasteiger charge is 2.21. The van der Waals surface area contributed by atoms with Gasteiger partial charge in [-0.3, -0.25) is 4.79 Å². The molecule has 1 unspecified atom stereocenters. The Morgan fingerprint density at radius 3 is 2.53 bits per heavy atom.